The van der Waals surface area contributed by atoms with Crippen LogP contribution in [0.25, 0.3) is 0 Å². The molecule has 2 rings (SSSR count). The summed E-state index contributed by atoms with van der Waals surface area (Å²) in [4.78, 5) is 33.7. The maximum Gasteiger partial charge on any atom is 0.305 e. The molecule has 0 aromatic heterocycles. The van der Waals surface area contributed by atoms with Crippen LogP contribution >= 0.6 is 0 Å². The first kappa shape index (κ1) is 18.0. The van der Waals surface area contributed by atoms with E-state index < -0.39 is 18.0 Å². The standard InChI is InChI=1S/C17H21NO6/c1-10(20)23-16-7-15-12(13(16)9-19)6-14(24-15)11(8-18)4-3-5-17(21)22-2/h9,12-13,15-16H,3-7H2,1-2H3/t12-,13-,15+,16-/m1/s1. The molecule has 0 aromatic carbocycles. The lowest BCUT2D eigenvalue weighted by Crippen LogP contribution is -2.25. The van der Waals surface area contributed by atoms with Gasteiger partial charge in [0.15, 0.2) is 0 Å². The zero-order chi connectivity index (χ0) is 17.7. The second-order valence-electron chi connectivity index (χ2n) is 6.06. The van der Waals surface area contributed by atoms with Crippen LogP contribution in [0.2, 0.25) is 0 Å². The molecular formula is C17H21NO6. The van der Waals surface area contributed by atoms with Gasteiger partial charge in [-0.15, -0.1) is 0 Å². The molecule has 1 saturated heterocycles. The van der Waals surface area contributed by atoms with E-state index in [0.29, 0.717) is 37.0 Å². The van der Waals surface area contributed by atoms with Gasteiger partial charge in [0.2, 0.25) is 0 Å². The van der Waals surface area contributed by atoms with E-state index in [1.165, 1.54) is 14.0 Å². The monoisotopic (exact) mass is 335 g/mol. The molecule has 1 saturated carbocycles. The highest BCUT2D eigenvalue weighted by Crippen LogP contribution is 2.46. The molecule has 7 heteroatoms. The van der Waals surface area contributed by atoms with Gasteiger partial charge in [-0.1, -0.05) is 0 Å². The van der Waals surface area contributed by atoms with Gasteiger partial charge in [0.25, 0.3) is 0 Å². The fourth-order valence-electron chi connectivity index (χ4n) is 3.42. The van der Waals surface area contributed by atoms with Crippen molar-refractivity contribution < 1.29 is 28.6 Å². The Morgan fingerprint density at radius 1 is 1.42 bits per heavy atom. The normalized spacial score (nSPS) is 29.9. The second kappa shape index (κ2) is 7.95. The summed E-state index contributed by atoms with van der Waals surface area (Å²) in [6.45, 7) is 1.32. The predicted molar refractivity (Wildman–Crippen MR) is 81.2 cm³/mol. The summed E-state index contributed by atoms with van der Waals surface area (Å²) >= 11 is 0. The van der Waals surface area contributed by atoms with Crippen molar-refractivity contribution in [3.8, 4) is 6.07 Å². The molecule has 1 aliphatic heterocycles. The number of esters is 2. The van der Waals surface area contributed by atoms with E-state index >= 15 is 0 Å². The fourth-order valence-corrected chi connectivity index (χ4v) is 3.42. The van der Waals surface area contributed by atoms with Gasteiger partial charge in [0, 0.05) is 32.1 Å². The number of aldehydes is 1. The number of rotatable bonds is 6. The zero-order valence-corrected chi connectivity index (χ0v) is 13.8. The molecule has 1 heterocycles. The SMILES string of the molecule is COC(=O)CCCC(C#N)=C1C[C@@H]2[C@@H](C=O)[C@H](OC(C)=O)C[C@@H]2O1. The van der Waals surface area contributed by atoms with Gasteiger partial charge in [-0.25, -0.2) is 0 Å². The minimum absolute atomic E-state index is 0.0780. The van der Waals surface area contributed by atoms with Crippen LogP contribution in [0.3, 0.4) is 0 Å². The molecule has 130 valence electrons. The molecule has 4 atom stereocenters. The molecule has 0 amide bonds. The average molecular weight is 335 g/mol. The third-order valence-corrected chi connectivity index (χ3v) is 4.56. The number of hydrogen-bond acceptors (Lipinski definition) is 7. The Morgan fingerprint density at radius 3 is 2.75 bits per heavy atom. The summed E-state index contributed by atoms with van der Waals surface area (Å²) in [5, 5.41) is 9.32. The lowest BCUT2D eigenvalue weighted by Gasteiger charge is -2.17. The molecule has 2 fully saturated rings. The van der Waals surface area contributed by atoms with E-state index in [1.807, 2.05) is 0 Å². The van der Waals surface area contributed by atoms with E-state index in [-0.39, 0.29) is 24.4 Å². The van der Waals surface area contributed by atoms with E-state index in [1.54, 1.807) is 0 Å². The van der Waals surface area contributed by atoms with Gasteiger partial charge in [0.05, 0.1) is 24.7 Å². The number of allylic oxidation sites excluding steroid dienone is 2. The number of methoxy groups -OCH3 is 1. The Bertz CT molecular complexity index is 590. The highest BCUT2D eigenvalue weighted by molar-refractivity contribution is 5.69. The summed E-state index contributed by atoms with van der Waals surface area (Å²) in [7, 11) is 1.33. The average Bonchev–Trinajstić information content (AvgIpc) is 3.07. The van der Waals surface area contributed by atoms with Crippen molar-refractivity contribution in [2.45, 2.75) is 51.2 Å². The van der Waals surface area contributed by atoms with E-state index in [4.69, 9.17) is 9.47 Å². The summed E-state index contributed by atoms with van der Waals surface area (Å²) in [6.07, 6.45) is 2.25. The molecular weight excluding hydrogens is 314 g/mol. The van der Waals surface area contributed by atoms with Crippen LogP contribution in [0.1, 0.15) is 39.0 Å². The third-order valence-electron chi connectivity index (χ3n) is 4.56. The minimum Gasteiger partial charge on any atom is -0.493 e. The molecule has 7 nitrogen and oxygen atoms in total. The van der Waals surface area contributed by atoms with Crippen LogP contribution < -0.4 is 0 Å². The van der Waals surface area contributed by atoms with Crippen molar-refractivity contribution >= 4 is 18.2 Å². The predicted octanol–water partition coefficient (Wildman–Crippen LogP) is 1.66. The number of carbonyl (C=O) groups is 3. The number of carbonyl (C=O) groups excluding carboxylic acids is 3. The lowest BCUT2D eigenvalue weighted by molar-refractivity contribution is -0.149. The summed E-state index contributed by atoms with van der Waals surface area (Å²) in [5.41, 5.74) is 0.502. The Morgan fingerprint density at radius 2 is 2.17 bits per heavy atom. The first-order chi connectivity index (χ1) is 11.5. The van der Waals surface area contributed by atoms with Crippen molar-refractivity contribution in [3.05, 3.63) is 11.3 Å². The molecule has 0 radical (unpaired) electrons. The van der Waals surface area contributed by atoms with E-state index in [9.17, 15) is 19.6 Å². The molecule has 0 bridgehead atoms. The summed E-state index contributed by atoms with van der Waals surface area (Å²) in [5.74, 6) is -0.627. The quantitative estimate of drug-likeness (QED) is 0.413. The largest absolute Gasteiger partial charge is 0.493 e. The molecule has 0 spiro atoms. The van der Waals surface area contributed by atoms with Crippen LogP contribution in [0.4, 0.5) is 0 Å². The minimum atomic E-state index is -0.457. The molecule has 0 N–H and O–H groups in total. The first-order valence-electron chi connectivity index (χ1n) is 7.98. The third kappa shape index (κ3) is 3.94. The Balaban J connectivity index is 2.01. The summed E-state index contributed by atoms with van der Waals surface area (Å²) in [6, 6.07) is 2.13. The van der Waals surface area contributed by atoms with Crippen LogP contribution in [0.5, 0.6) is 0 Å². The van der Waals surface area contributed by atoms with Crippen LogP contribution in [-0.2, 0) is 28.6 Å². The van der Waals surface area contributed by atoms with Crippen molar-refractivity contribution in [1.29, 1.82) is 5.26 Å². The fraction of sp³-hybridized carbons (Fsp3) is 0.647. The lowest BCUT2D eigenvalue weighted by atomic mass is 9.92. The van der Waals surface area contributed by atoms with Crippen molar-refractivity contribution in [1.82, 2.24) is 0 Å². The molecule has 0 aromatic rings. The van der Waals surface area contributed by atoms with Gasteiger partial charge in [-0.05, 0) is 12.8 Å². The van der Waals surface area contributed by atoms with Crippen molar-refractivity contribution in [2.24, 2.45) is 11.8 Å². The highest BCUT2D eigenvalue weighted by Gasteiger charge is 2.50. The van der Waals surface area contributed by atoms with Crippen LogP contribution in [0, 0.1) is 23.2 Å². The van der Waals surface area contributed by atoms with Gasteiger partial charge >= 0.3 is 11.9 Å². The van der Waals surface area contributed by atoms with Gasteiger partial charge < -0.3 is 19.0 Å². The summed E-state index contributed by atoms with van der Waals surface area (Å²) < 4.78 is 15.6. The molecule has 24 heavy (non-hydrogen) atoms. The second-order valence-corrected chi connectivity index (χ2v) is 6.06. The van der Waals surface area contributed by atoms with Crippen LogP contribution in [-0.4, -0.2) is 37.5 Å². The Kier molecular flexibility index (Phi) is 5.96. The zero-order valence-electron chi connectivity index (χ0n) is 13.8. The smallest absolute Gasteiger partial charge is 0.305 e. The Labute approximate surface area is 140 Å². The van der Waals surface area contributed by atoms with Crippen LogP contribution in [0.15, 0.2) is 11.3 Å². The van der Waals surface area contributed by atoms with Gasteiger partial charge in [-0.2, -0.15) is 5.26 Å². The van der Waals surface area contributed by atoms with Gasteiger partial charge in [-0.3, -0.25) is 9.59 Å². The number of fused-ring (bicyclic) bond motifs is 1. The number of ether oxygens (including phenoxy) is 3. The number of nitrogens with zero attached hydrogens (tertiary/aromatic N) is 1. The van der Waals surface area contributed by atoms with E-state index in [2.05, 4.69) is 10.8 Å². The molecule has 0 unspecified atom stereocenters. The van der Waals surface area contributed by atoms with Crippen molar-refractivity contribution in [2.75, 3.05) is 7.11 Å². The first-order valence-corrected chi connectivity index (χ1v) is 7.98. The maximum atomic E-state index is 11.4. The Hall–Kier alpha value is -2.36. The number of nitriles is 1. The molecule has 1 aliphatic carbocycles. The number of hydrogen-bond donors (Lipinski definition) is 0. The molecule has 2 aliphatic rings. The maximum absolute atomic E-state index is 11.4. The highest BCUT2D eigenvalue weighted by atomic mass is 16.6. The van der Waals surface area contributed by atoms with E-state index in [0.717, 1.165) is 6.29 Å². The topological polar surface area (TPSA) is 103 Å². The van der Waals surface area contributed by atoms with Crippen molar-refractivity contribution in [3.63, 3.8) is 0 Å². The van der Waals surface area contributed by atoms with Gasteiger partial charge in [0.1, 0.15) is 24.3 Å².